The van der Waals surface area contributed by atoms with Crippen LogP contribution < -0.4 is 10.4 Å². The van der Waals surface area contributed by atoms with Gasteiger partial charge >= 0.3 is 0 Å². The van der Waals surface area contributed by atoms with Crippen LogP contribution in [0.1, 0.15) is 0 Å². The predicted molar refractivity (Wildman–Crippen MR) is 225 cm³/mol. The summed E-state index contributed by atoms with van der Waals surface area (Å²) in [5, 5.41) is 18.9. The van der Waals surface area contributed by atoms with Crippen LogP contribution in [0.5, 0.6) is 0 Å². The lowest BCUT2D eigenvalue weighted by atomic mass is 9.83. The molecule has 0 saturated carbocycles. The van der Waals surface area contributed by atoms with E-state index in [0.29, 0.717) is 0 Å². The molecule has 11 rings (SSSR count). The molecule has 0 fully saturated rings. The molecule has 1 heterocycles. The van der Waals surface area contributed by atoms with E-state index in [9.17, 15) is 0 Å². The van der Waals surface area contributed by atoms with Gasteiger partial charge in [0.25, 0.3) is 0 Å². The van der Waals surface area contributed by atoms with Gasteiger partial charge in [0.05, 0.1) is 0 Å². The lowest BCUT2D eigenvalue weighted by Crippen LogP contribution is -2.49. The third-order valence-corrected chi connectivity index (χ3v) is 15.3. The summed E-state index contributed by atoms with van der Waals surface area (Å²) < 4.78 is 0. The average molecular weight is 663 g/mol. The molecule has 0 spiro atoms. The second-order valence-electron chi connectivity index (χ2n) is 14.8. The summed E-state index contributed by atoms with van der Waals surface area (Å²) in [5.74, 6) is 0. The molecule has 0 aliphatic carbocycles. The van der Waals surface area contributed by atoms with Gasteiger partial charge in [-0.1, -0.05) is 177 Å². The summed E-state index contributed by atoms with van der Waals surface area (Å²) in [6, 6.07) is 64.0. The smallest absolute Gasteiger partial charge is 0.0616 e. The van der Waals surface area contributed by atoms with Crippen LogP contribution in [0.3, 0.4) is 0 Å². The minimum Gasteiger partial charge on any atom is -0.0616 e. The molecule has 0 unspecified atom stereocenters. The van der Waals surface area contributed by atoms with Crippen molar-refractivity contribution < 1.29 is 0 Å². The maximum Gasteiger partial charge on any atom is 0.114 e. The number of hydrogen-bond acceptors (Lipinski definition) is 0. The fourth-order valence-electron chi connectivity index (χ4n) is 9.56. The van der Waals surface area contributed by atoms with Crippen LogP contribution >= 0.6 is 0 Å². The standard InChI is InChI=1S/C50H34Si/c1-51(2)46-30-34(24-25-39(46)45-28-27-38-35-16-6-3-13-31(35)23-26-44(38)50(45)51)47-40-19-9-11-21-42(40)49(43-22-12-10-20-41(43)47)48-36-17-7-4-14-32(36)29-33-15-5-8-18-37(33)48/h3-30H,1-2H3. The third-order valence-electron chi connectivity index (χ3n) is 11.8. The van der Waals surface area contributed by atoms with Crippen molar-refractivity contribution in [3.8, 4) is 33.4 Å². The Morgan fingerprint density at radius 2 is 0.784 bits per heavy atom. The first-order valence-electron chi connectivity index (χ1n) is 18.0. The Labute approximate surface area is 298 Å². The molecule has 1 aliphatic rings. The zero-order valence-electron chi connectivity index (χ0n) is 28.7. The van der Waals surface area contributed by atoms with Crippen molar-refractivity contribution in [3.63, 3.8) is 0 Å². The van der Waals surface area contributed by atoms with Gasteiger partial charge in [-0.15, -0.1) is 0 Å². The minimum absolute atomic E-state index is 1.27. The van der Waals surface area contributed by atoms with Crippen LogP contribution in [-0.2, 0) is 0 Å². The normalized spacial score (nSPS) is 13.5. The van der Waals surface area contributed by atoms with E-state index in [4.69, 9.17) is 0 Å². The molecule has 238 valence electrons. The molecule has 0 saturated heterocycles. The van der Waals surface area contributed by atoms with Gasteiger partial charge in [0, 0.05) is 0 Å². The minimum atomic E-state index is -2.06. The monoisotopic (exact) mass is 662 g/mol. The van der Waals surface area contributed by atoms with E-state index in [1.54, 1.807) is 5.19 Å². The molecule has 1 aliphatic heterocycles. The van der Waals surface area contributed by atoms with Gasteiger partial charge in [0.2, 0.25) is 0 Å². The maximum absolute atomic E-state index is 2.57. The van der Waals surface area contributed by atoms with Crippen molar-refractivity contribution in [1.29, 1.82) is 0 Å². The lowest BCUT2D eigenvalue weighted by Gasteiger charge is -2.23. The number of rotatable bonds is 2. The molecule has 0 amide bonds. The van der Waals surface area contributed by atoms with Crippen molar-refractivity contribution >= 4 is 83.1 Å². The van der Waals surface area contributed by atoms with E-state index >= 15 is 0 Å². The first kappa shape index (κ1) is 28.8. The first-order valence-corrected chi connectivity index (χ1v) is 21.0. The second-order valence-corrected chi connectivity index (χ2v) is 19.1. The SMILES string of the molecule is C[Si]1(C)c2cc(-c3c4ccccc4c(-c4c5ccccc5cc5ccccc45)c4ccccc34)ccc2-c2ccc3c(ccc4ccccc43)c21. The summed E-state index contributed by atoms with van der Waals surface area (Å²) >= 11 is 0. The molecule has 51 heavy (non-hydrogen) atoms. The highest BCUT2D eigenvalue weighted by Crippen LogP contribution is 2.48. The van der Waals surface area contributed by atoms with Crippen LogP contribution in [-0.4, -0.2) is 8.07 Å². The van der Waals surface area contributed by atoms with Gasteiger partial charge in [-0.2, -0.15) is 0 Å². The Hall–Kier alpha value is -6.02. The summed E-state index contributed by atoms with van der Waals surface area (Å²) in [5.41, 5.74) is 8.10. The van der Waals surface area contributed by atoms with Crippen LogP contribution in [0, 0.1) is 0 Å². The zero-order valence-corrected chi connectivity index (χ0v) is 29.7. The molecule has 0 nitrogen and oxygen atoms in total. The van der Waals surface area contributed by atoms with Crippen LogP contribution in [0.15, 0.2) is 170 Å². The summed E-state index contributed by atoms with van der Waals surface area (Å²) in [6.45, 7) is 5.11. The lowest BCUT2D eigenvalue weighted by molar-refractivity contribution is 1.68. The fourth-order valence-corrected chi connectivity index (χ4v) is 13.0. The van der Waals surface area contributed by atoms with E-state index in [2.05, 4.69) is 183 Å². The van der Waals surface area contributed by atoms with Gasteiger partial charge < -0.3 is 0 Å². The number of fused-ring (bicyclic) bond motifs is 11. The number of hydrogen-bond donors (Lipinski definition) is 0. The van der Waals surface area contributed by atoms with Crippen molar-refractivity contribution in [2.75, 3.05) is 0 Å². The second kappa shape index (κ2) is 10.5. The molecule has 0 radical (unpaired) electrons. The van der Waals surface area contributed by atoms with Crippen molar-refractivity contribution in [1.82, 2.24) is 0 Å². The molecular formula is C50H34Si. The quantitative estimate of drug-likeness (QED) is 0.0982. The summed E-state index contributed by atoms with van der Waals surface area (Å²) in [7, 11) is -2.06. The van der Waals surface area contributed by atoms with E-state index in [1.165, 1.54) is 103 Å². The van der Waals surface area contributed by atoms with E-state index in [1.807, 2.05) is 0 Å². The van der Waals surface area contributed by atoms with Crippen LogP contribution in [0.2, 0.25) is 13.1 Å². The Balaban J connectivity index is 1.20. The average Bonchev–Trinajstić information content (AvgIpc) is 3.41. The highest BCUT2D eigenvalue weighted by molar-refractivity contribution is 7.05. The van der Waals surface area contributed by atoms with Crippen molar-refractivity contribution in [2.24, 2.45) is 0 Å². The Bertz CT molecular complexity index is 3000. The van der Waals surface area contributed by atoms with Crippen molar-refractivity contribution in [2.45, 2.75) is 13.1 Å². The summed E-state index contributed by atoms with van der Waals surface area (Å²) in [6.07, 6.45) is 0. The van der Waals surface area contributed by atoms with E-state index in [0.717, 1.165) is 0 Å². The van der Waals surface area contributed by atoms with Gasteiger partial charge in [0.1, 0.15) is 8.07 Å². The molecule has 0 aromatic heterocycles. The Morgan fingerprint density at radius 3 is 1.41 bits per heavy atom. The third kappa shape index (κ3) is 3.95. The molecule has 0 bridgehead atoms. The van der Waals surface area contributed by atoms with Crippen molar-refractivity contribution in [3.05, 3.63) is 170 Å². The molecule has 10 aromatic carbocycles. The molecule has 0 N–H and O–H groups in total. The van der Waals surface area contributed by atoms with Gasteiger partial charge in [-0.3, -0.25) is 0 Å². The number of benzene rings is 10. The van der Waals surface area contributed by atoms with E-state index < -0.39 is 8.07 Å². The Morgan fingerprint density at radius 1 is 0.314 bits per heavy atom. The largest absolute Gasteiger partial charge is 0.114 e. The molecule has 1 heteroatoms. The van der Waals surface area contributed by atoms with Crippen LogP contribution in [0.25, 0.3) is 98.0 Å². The molecule has 10 aromatic rings. The Kier molecular flexibility index (Phi) is 5.92. The maximum atomic E-state index is 2.57. The highest BCUT2D eigenvalue weighted by Gasteiger charge is 2.39. The van der Waals surface area contributed by atoms with Gasteiger partial charge in [-0.05, 0) is 114 Å². The van der Waals surface area contributed by atoms with Gasteiger partial charge in [-0.25, -0.2) is 0 Å². The molecular weight excluding hydrogens is 629 g/mol. The van der Waals surface area contributed by atoms with E-state index in [-0.39, 0.29) is 0 Å². The van der Waals surface area contributed by atoms with Crippen LogP contribution in [0.4, 0.5) is 0 Å². The zero-order chi connectivity index (χ0) is 33.8. The first-order chi connectivity index (χ1) is 25.1. The highest BCUT2D eigenvalue weighted by atomic mass is 28.3. The fraction of sp³-hybridized carbons (Fsp3) is 0.0400. The topological polar surface area (TPSA) is 0 Å². The molecule has 0 atom stereocenters. The van der Waals surface area contributed by atoms with Gasteiger partial charge in [0.15, 0.2) is 0 Å². The predicted octanol–water partition coefficient (Wildman–Crippen LogP) is 12.7. The summed E-state index contributed by atoms with van der Waals surface area (Å²) in [4.78, 5) is 0.